The molecule has 0 fully saturated rings. The van der Waals surface area contributed by atoms with E-state index in [9.17, 15) is 4.79 Å². The van der Waals surface area contributed by atoms with E-state index >= 15 is 0 Å². The predicted molar refractivity (Wildman–Crippen MR) is 53.2 cm³/mol. The molecule has 0 radical (unpaired) electrons. The monoisotopic (exact) mass is 205 g/mol. The zero-order valence-electron chi connectivity index (χ0n) is 8.32. The third-order valence-corrected chi connectivity index (χ3v) is 2.26. The normalized spacial score (nSPS) is 9.67. The second-order valence-corrected chi connectivity index (χ2v) is 3.26. The fourth-order valence-electron chi connectivity index (χ4n) is 1.42. The van der Waals surface area contributed by atoms with Crippen LogP contribution < -0.4 is 0 Å². The number of aliphatic hydroxyl groups excluding tert-OH is 1. The van der Waals surface area contributed by atoms with Gasteiger partial charge in [0, 0.05) is 0 Å². The molecular formula is C11H11NO3. The predicted octanol–water partition coefficient (Wildman–Crippen LogP) is 0.986. The van der Waals surface area contributed by atoms with Gasteiger partial charge in [-0.05, 0) is 35.7 Å². The Balaban J connectivity index is 3.25. The Hall–Kier alpha value is -1.86. The molecule has 0 aliphatic heterocycles. The number of carboxylic acids is 1. The maximum atomic E-state index is 10.6. The number of nitriles is 1. The van der Waals surface area contributed by atoms with Crippen molar-refractivity contribution in [2.24, 2.45) is 0 Å². The summed E-state index contributed by atoms with van der Waals surface area (Å²) >= 11 is 0. The molecule has 0 atom stereocenters. The van der Waals surface area contributed by atoms with Crippen LogP contribution in [0, 0.1) is 18.3 Å². The molecule has 2 N–H and O–H groups in total. The lowest BCUT2D eigenvalue weighted by molar-refractivity contribution is -0.136. The number of carbonyl (C=O) groups is 1. The van der Waals surface area contributed by atoms with E-state index in [0.717, 1.165) is 5.56 Å². The van der Waals surface area contributed by atoms with Gasteiger partial charge in [0.25, 0.3) is 0 Å². The molecule has 0 aromatic heterocycles. The molecule has 1 rings (SSSR count). The van der Waals surface area contributed by atoms with Gasteiger partial charge in [-0.2, -0.15) is 5.26 Å². The summed E-state index contributed by atoms with van der Waals surface area (Å²) in [5.41, 5.74) is 2.29. The molecule has 78 valence electrons. The fraction of sp³-hybridized carbons (Fsp3) is 0.273. The Morgan fingerprint density at radius 1 is 1.47 bits per heavy atom. The third kappa shape index (κ3) is 2.55. The standard InChI is InChI=1S/C11H11NO3/c1-7-9(4-11(14)15)2-8(5-12)3-10(7)6-13/h2-3,13H,4,6H2,1H3,(H,14,15). The Labute approximate surface area is 87.4 Å². The van der Waals surface area contributed by atoms with Gasteiger partial charge in [0.15, 0.2) is 0 Å². The lowest BCUT2D eigenvalue weighted by Gasteiger charge is -2.08. The minimum atomic E-state index is -0.947. The van der Waals surface area contributed by atoms with E-state index in [4.69, 9.17) is 15.5 Å². The number of benzene rings is 1. The van der Waals surface area contributed by atoms with Crippen molar-refractivity contribution in [1.82, 2.24) is 0 Å². The number of aliphatic carboxylic acids is 1. The van der Waals surface area contributed by atoms with E-state index < -0.39 is 5.97 Å². The Bertz CT molecular complexity index is 432. The maximum Gasteiger partial charge on any atom is 0.307 e. The highest BCUT2D eigenvalue weighted by atomic mass is 16.4. The highest BCUT2D eigenvalue weighted by Crippen LogP contribution is 2.17. The van der Waals surface area contributed by atoms with Crippen LogP contribution in [0.4, 0.5) is 0 Å². The van der Waals surface area contributed by atoms with E-state index in [1.165, 1.54) is 0 Å². The van der Waals surface area contributed by atoms with Crippen LogP contribution in [0.15, 0.2) is 12.1 Å². The van der Waals surface area contributed by atoms with Gasteiger partial charge in [-0.25, -0.2) is 0 Å². The zero-order chi connectivity index (χ0) is 11.4. The number of carboxylic acid groups (broad SMARTS) is 1. The van der Waals surface area contributed by atoms with Crippen molar-refractivity contribution in [2.45, 2.75) is 20.0 Å². The minimum absolute atomic E-state index is 0.131. The summed E-state index contributed by atoms with van der Waals surface area (Å²) in [6.45, 7) is 1.55. The van der Waals surface area contributed by atoms with Crippen molar-refractivity contribution in [3.63, 3.8) is 0 Å². The average Bonchev–Trinajstić information content (AvgIpc) is 2.20. The van der Waals surface area contributed by atoms with Gasteiger partial charge >= 0.3 is 5.97 Å². The molecule has 0 saturated heterocycles. The van der Waals surface area contributed by atoms with Crippen LogP contribution in [-0.2, 0) is 17.8 Å². The lowest BCUT2D eigenvalue weighted by atomic mass is 9.97. The Kier molecular flexibility index (Phi) is 3.42. The van der Waals surface area contributed by atoms with E-state index in [-0.39, 0.29) is 13.0 Å². The molecule has 0 aliphatic rings. The summed E-state index contributed by atoms with van der Waals surface area (Å²) in [5.74, 6) is -0.947. The first-order valence-electron chi connectivity index (χ1n) is 4.43. The van der Waals surface area contributed by atoms with Gasteiger partial charge in [-0.1, -0.05) is 0 Å². The molecule has 0 saturated carbocycles. The van der Waals surface area contributed by atoms with Crippen LogP contribution in [-0.4, -0.2) is 16.2 Å². The summed E-state index contributed by atoms with van der Waals surface area (Å²) < 4.78 is 0. The van der Waals surface area contributed by atoms with Crippen LogP contribution >= 0.6 is 0 Å². The van der Waals surface area contributed by atoms with Crippen LogP contribution in [0.3, 0.4) is 0 Å². The summed E-state index contributed by atoms with van der Waals surface area (Å²) in [7, 11) is 0. The van der Waals surface area contributed by atoms with Crippen molar-refractivity contribution in [3.05, 3.63) is 34.4 Å². The maximum absolute atomic E-state index is 10.6. The molecule has 1 aromatic rings. The van der Waals surface area contributed by atoms with E-state index in [1.807, 2.05) is 6.07 Å². The summed E-state index contributed by atoms with van der Waals surface area (Å²) in [6.07, 6.45) is -0.131. The van der Waals surface area contributed by atoms with Crippen LogP contribution in [0.1, 0.15) is 22.3 Å². The van der Waals surface area contributed by atoms with Crippen molar-refractivity contribution in [2.75, 3.05) is 0 Å². The Morgan fingerprint density at radius 2 is 2.07 bits per heavy atom. The highest BCUT2D eigenvalue weighted by molar-refractivity contribution is 5.71. The number of hydrogen-bond donors (Lipinski definition) is 2. The molecule has 0 heterocycles. The molecule has 0 unspecified atom stereocenters. The number of aliphatic hydroxyl groups is 1. The van der Waals surface area contributed by atoms with Crippen molar-refractivity contribution < 1.29 is 15.0 Å². The van der Waals surface area contributed by atoms with Gasteiger partial charge in [-0.15, -0.1) is 0 Å². The second-order valence-electron chi connectivity index (χ2n) is 3.26. The Morgan fingerprint density at radius 3 is 2.53 bits per heavy atom. The molecule has 15 heavy (non-hydrogen) atoms. The van der Waals surface area contributed by atoms with Crippen LogP contribution in [0.2, 0.25) is 0 Å². The smallest absolute Gasteiger partial charge is 0.307 e. The fourth-order valence-corrected chi connectivity index (χ4v) is 1.42. The van der Waals surface area contributed by atoms with Gasteiger partial charge in [0.1, 0.15) is 0 Å². The van der Waals surface area contributed by atoms with Crippen molar-refractivity contribution >= 4 is 5.97 Å². The van der Waals surface area contributed by atoms with E-state index in [0.29, 0.717) is 16.7 Å². The average molecular weight is 205 g/mol. The van der Waals surface area contributed by atoms with Crippen molar-refractivity contribution in [3.8, 4) is 6.07 Å². The molecular weight excluding hydrogens is 194 g/mol. The van der Waals surface area contributed by atoms with Crippen LogP contribution in [0.5, 0.6) is 0 Å². The van der Waals surface area contributed by atoms with E-state index in [2.05, 4.69) is 0 Å². The van der Waals surface area contributed by atoms with Gasteiger partial charge in [-0.3, -0.25) is 4.79 Å². The molecule has 0 bridgehead atoms. The lowest BCUT2D eigenvalue weighted by Crippen LogP contribution is -2.05. The summed E-state index contributed by atoms with van der Waals surface area (Å²) in [5, 5.41) is 26.4. The van der Waals surface area contributed by atoms with Crippen LogP contribution in [0.25, 0.3) is 0 Å². The topological polar surface area (TPSA) is 81.3 Å². The van der Waals surface area contributed by atoms with Gasteiger partial charge in [0.2, 0.25) is 0 Å². The molecule has 0 aliphatic carbocycles. The second kappa shape index (κ2) is 4.58. The molecule has 0 amide bonds. The van der Waals surface area contributed by atoms with Crippen molar-refractivity contribution in [1.29, 1.82) is 5.26 Å². The zero-order valence-corrected chi connectivity index (χ0v) is 8.32. The number of nitrogens with zero attached hydrogens (tertiary/aromatic N) is 1. The highest BCUT2D eigenvalue weighted by Gasteiger charge is 2.09. The molecule has 4 nitrogen and oxygen atoms in total. The minimum Gasteiger partial charge on any atom is -0.481 e. The number of hydrogen-bond acceptors (Lipinski definition) is 3. The summed E-state index contributed by atoms with van der Waals surface area (Å²) in [6, 6.07) is 5.05. The third-order valence-electron chi connectivity index (χ3n) is 2.26. The largest absolute Gasteiger partial charge is 0.481 e. The van der Waals surface area contributed by atoms with E-state index in [1.54, 1.807) is 19.1 Å². The SMILES string of the molecule is Cc1c(CO)cc(C#N)cc1CC(=O)O. The first kappa shape index (κ1) is 11.2. The molecule has 0 spiro atoms. The van der Waals surface area contributed by atoms with Gasteiger partial charge in [0.05, 0.1) is 24.7 Å². The first-order chi connectivity index (χ1) is 7.08. The quantitative estimate of drug-likeness (QED) is 0.770. The number of rotatable bonds is 3. The summed E-state index contributed by atoms with van der Waals surface area (Å²) in [4.78, 5) is 10.6. The first-order valence-corrected chi connectivity index (χ1v) is 4.43. The molecule has 4 heteroatoms. The van der Waals surface area contributed by atoms with Gasteiger partial charge < -0.3 is 10.2 Å². The molecule has 1 aromatic carbocycles.